The number of methoxy groups -OCH3 is 2. The number of hydrogen-bond donors (Lipinski definition) is 0. The molecule has 0 radical (unpaired) electrons. The maximum absolute atomic E-state index is 12.4. The molecule has 0 spiro atoms. The standard InChI is InChI=1S/C14H15F3O4/c1-20-12(18)11(13(19)21-2)10-5-8-3-7(4-9(8)10)6-14(15,16)17/h4,8-9H,3,5-6H2,1-2H3/t8-,9-/m1/s1. The summed E-state index contributed by atoms with van der Waals surface area (Å²) in [5, 5.41) is 0. The lowest BCUT2D eigenvalue weighted by Crippen LogP contribution is -2.30. The molecule has 1 fully saturated rings. The normalized spacial score (nSPS) is 23.9. The lowest BCUT2D eigenvalue weighted by Gasteiger charge is -2.35. The van der Waals surface area contributed by atoms with Crippen LogP contribution >= 0.6 is 0 Å². The number of alkyl halides is 3. The van der Waals surface area contributed by atoms with Crippen LogP contribution in [-0.4, -0.2) is 32.3 Å². The predicted molar refractivity (Wildman–Crippen MR) is 66.0 cm³/mol. The lowest BCUT2D eigenvalue weighted by atomic mass is 9.69. The fourth-order valence-corrected chi connectivity index (χ4v) is 2.97. The second-order valence-corrected chi connectivity index (χ2v) is 5.19. The number of fused-ring (bicyclic) bond motifs is 1. The molecule has 2 aliphatic carbocycles. The van der Waals surface area contributed by atoms with Crippen molar-refractivity contribution in [3.63, 3.8) is 0 Å². The maximum atomic E-state index is 12.4. The molecule has 7 heteroatoms. The van der Waals surface area contributed by atoms with Crippen LogP contribution in [0.2, 0.25) is 0 Å². The van der Waals surface area contributed by atoms with Crippen LogP contribution in [0.15, 0.2) is 22.8 Å². The molecule has 2 rings (SSSR count). The van der Waals surface area contributed by atoms with Crippen molar-refractivity contribution in [3.05, 3.63) is 22.8 Å². The molecule has 0 saturated heterocycles. The summed E-state index contributed by atoms with van der Waals surface area (Å²) < 4.78 is 46.3. The number of hydrogen-bond acceptors (Lipinski definition) is 4. The summed E-state index contributed by atoms with van der Waals surface area (Å²) in [6, 6.07) is 0. The van der Waals surface area contributed by atoms with E-state index in [2.05, 4.69) is 9.47 Å². The van der Waals surface area contributed by atoms with Crippen molar-refractivity contribution in [2.24, 2.45) is 11.8 Å². The molecule has 0 bridgehead atoms. The highest BCUT2D eigenvalue weighted by molar-refractivity contribution is 6.15. The van der Waals surface area contributed by atoms with Gasteiger partial charge in [0.05, 0.1) is 20.6 Å². The Balaban J connectivity index is 2.25. The molecule has 0 aromatic rings. The Bertz CT molecular complexity index is 513. The van der Waals surface area contributed by atoms with Crippen molar-refractivity contribution in [2.45, 2.75) is 25.4 Å². The summed E-state index contributed by atoms with van der Waals surface area (Å²) >= 11 is 0. The van der Waals surface area contributed by atoms with Crippen molar-refractivity contribution in [1.29, 1.82) is 0 Å². The summed E-state index contributed by atoms with van der Waals surface area (Å²) in [5.74, 6) is -1.89. The highest BCUT2D eigenvalue weighted by atomic mass is 19.4. The van der Waals surface area contributed by atoms with Gasteiger partial charge < -0.3 is 9.47 Å². The molecular weight excluding hydrogens is 289 g/mol. The second-order valence-electron chi connectivity index (χ2n) is 5.19. The van der Waals surface area contributed by atoms with Gasteiger partial charge in [0.15, 0.2) is 0 Å². The van der Waals surface area contributed by atoms with Gasteiger partial charge in [-0.15, -0.1) is 0 Å². The number of allylic oxidation sites excluding steroid dienone is 3. The van der Waals surface area contributed by atoms with E-state index in [1.165, 1.54) is 6.08 Å². The molecule has 2 atom stereocenters. The van der Waals surface area contributed by atoms with Crippen molar-refractivity contribution in [1.82, 2.24) is 0 Å². The number of carbonyl (C=O) groups excluding carboxylic acids is 2. The van der Waals surface area contributed by atoms with Gasteiger partial charge in [-0.1, -0.05) is 11.6 Å². The van der Waals surface area contributed by atoms with Gasteiger partial charge in [0, 0.05) is 5.92 Å². The predicted octanol–water partition coefficient (Wildman–Crippen LogP) is 2.55. The van der Waals surface area contributed by atoms with E-state index in [1.807, 2.05) is 0 Å². The van der Waals surface area contributed by atoms with E-state index in [0.29, 0.717) is 24.0 Å². The minimum atomic E-state index is -4.24. The molecule has 1 saturated carbocycles. The van der Waals surface area contributed by atoms with Crippen LogP contribution in [0.1, 0.15) is 19.3 Å². The highest BCUT2D eigenvalue weighted by Gasteiger charge is 2.45. The summed E-state index contributed by atoms with van der Waals surface area (Å²) in [6.45, 7) is 0. The third-order valence-electron chi connectivity index (χ3n) is 3.86. The maximum Gasteiger partial charge on any atom is 0.392 e. The number of rotatable bonds is 3. The zero-order valence-corrected chi connectivity index (χ0v) is 11.6. The van der Waals surface area contributed by atoms with Crippen molar-refractivity contribution in [3.8, 4) is 0 Å². The van der Waals surface area contributed by atoms with Crippen LogP contribution in [-0.2, 0) is 19.1 Å². The Morgan fingerprint density at radius 1 is 1.19 bits per heavy atom. The first-order chi connectivity index (χ1) is 9.76. The van der Waals surface area contributed by atoms with Gasteiger partial charge >= 0.3 is 18.1 Å². The van der Waals surface area contributed by atoms with E-state index in [9.17, 15) is 22.8 Å². The summed E-state index contributed by atoms with van der Waals surface area (Å²) in [5.41, 5.74) is 0.628. The zero-order chi connectivity index (χ0) is 15.8. The molecule has 21 heavy (non-hydrogen) atoms. The quantitative estimate of drug-likeness (QED) is 0.264. The second kappa shape index (κ2) is 5.54. The number of carbonyl (C=O) groups is 2. The molecule has 4 nitrogen and oxygen atoms in total. The molecule has 0 aromatic carbocycles. The van der Waals surface area contributed by atoms with Crippen LogP contribution in [0.5, 0.6) is 0 Å². The monoisotopic (exact) mass is 304 g/mol. The van der Waals surface area contributed by atoms with Crippen LogP contribution in [0.25, 0.3) is 0 Å². The van der Waals surface area contributed by atoms with Gasteiger partial charge in [0.2, 0.25) is 0 Å². The molecule has 0 amide bonds. The third kappa shape index (κ3) is 3.11. The minimum Gasteiger partial charge on any atom is -0.465 e. The van der Waals surface area contributed by atoms with E-state index in [4.69, 9.17) is 0 Å². The summed E-state index contributed by atoms with van der Waals surface area (Å²) in [4.78, 5) is 23.3. The number of halogens is 3. The Kier molecular flexibility index (Phi) is 4.11. The molecule has 0 heterocycles. The van der Waals surface area contributed by atoms with Crippen molar-refractivity contribution in [2.75, 3.05) is 14.2 Å². The van der Waals surface area contributed by atoms with Gasteiger partial charge in [-0.05, 0) is 24.3 Å². The van der Waals surface area contributed by atoms with Gasteiger partial charge in [0.1, 0.15) is 5.57 Å². The zero-order valence-electron chi connectivity index (χ0n) is 11.6. The lowest BCUT2D eigenvalue weighted by molar-refractivity contribution is -0.144. The van der Waals surface area contributed by atoms with Crippen LogP contribution in [0, 0.1) is 11.8 Å². The Morgan fingerprint density at radius 2 is 1.76 bits per heavy atom. The van der Waals surface area contributed by atoms with Gasteiger partial charge in [-0.3, -0.25) is 0 Å². The van der Waals surface area contributed by atoms with Crippen LogP contribution < -0.4 is 0 Å². The topological polar surface area (TPSA) is 52.6 Å². The molecule has 116 valence electrons. The first-order valence-corrected chi connectivity index (χ1v) is 6.42. The molecule has 0 aliphatic heterocycles. The first-order valence-electron chi connectivity index (χ1n) is 6.42. The van der Waals surface area contributed by atoms with Crippen LogP contribution in [0.3, 0.4) is 0 Å². The SMILES string of the molecule is COC(=O)C(C(=O)OC)=C1C[C@H]2CC(CC(F)(F)F)=C[C@@H]12. The molecule has 0 aromatic heterocycles. The van der Waals surface area contributed by atoms with Crippen LogP contribution in [0.4, 0.5) is 13.2 Å². The molecular formula is C14H15F3O4. The molecule has 2 aliphatic rings. The largest absolute Gasteiger partial charge is 0.465 e. The average Bonchev–Trinajstić information content (AvgIpc) is 2.69. The fourth-order valence-electron chi connectivity index (χ4n) is 2.97. The Hall–Kier alpha value is -1.79. The Morgan fingerprint density at radius 3 is 2.24 bits per heavy atom. The van der Waals surface area contributed by atoms with E-state index < -0.39 is 24.5 Å². The van der Waals surface area contributed by atoms with Gasteiger partial charge in [0.25, 0.3) is 0 Å². The fraction of sp³-hybridized carbons (Fsp3) is 0.571. The summed E-state index contributed by atoms with van der Waals surface area (Å²) in [6.07, 6.45) is -2.90. The molecule has 0 unspecified atom stereocenters. The smallest absolute Gasteiger partial charge is 0.392 e. The molecule has 0 N–H and O–H groups in total. The average molecular weight is 304 g/mol. The van der Waals surface area contributed by atoms with E-state index in [-0.39, 0.29) is 17.4 Å². The number of esters is 2. The third-order valence-corrected chi connectivity index (χ3v) is 3.86. The van der Waals surface area contributed by atoms with E-state index in [1.54, 1.807) is 0 Å². The van der Waals surface area contributed by atoms with Crippen molar-refractivity contribution < 1.29 is 32.2 Å². The van der Waals surface area contributed by atoms with E-state index in [0.717, 1.165) is 14.2 Å². The summed E-state index contributed by atoms with van der Waals surface area (Å²) in [7, 11) is 2.28. The highest BCUT2D eigenvalue weighted by Crippen LogP contribution is 2.52. The van der Waals surface area contributed by atoms with E-state index >= 15 is 0 Å². The number of ether oxygens (including phenoxy) is 2. The minimum absolute atomic E-state index is 0.0293. The van der Waals surface area contributed by atoms with Gasteiger partial charge in [-0.2, -0.15) is 13.2 Å². The van der Waals surface area contributed by atoms with Gasteiger partial charge in [-0.25, -0.2) is 9.59 Å². The first kappa shape index (κ1) is 15.6. The van der Waals surface area contributed by atoms with Crippen molar-refractivity contribution >= 4 is 11.9 Å². The Labute approximate surface area is 119 Å².